The molecule has 112 valence electrons. The van der Waals surface area contributed by atoms with Crippen molar-refractivity contribution in [1.29, 1.82) is 0 Å². The largest absolute Gasteiger partial charge is 0.331 e. The Hall–Kier alpha value is -2.31. The standard InChI is InChI=1S/C14H20N6O/c1-11-13-15-9-12(10-18-6-4-5-16-18)20(13)8-7-19(11)14(21)17(2)3/h4-6,9,11H,7-8,10H2,1-3H3/t11-/m0/s1. The van der Waals surface area contributed by atoms with Gasteiger partial charge in [0.2, 0.25) is 0 Å². The van der Waals surface area contributed by atoms with E-state index in [0.29, 0.717) is 13.1 Å². The Bertz CT molecular complexity index is 630. The Morgan fingerprint density at radius 1 is 1.43 bits per heavy atom. The molecule has 1 aliphatic heterocycles. The SMILES string of the molecule is C[C@H]1c2ncc(Cn3cccn3)n2CCN1C(=O)N(C)C. The van der Waals surface area contributed by atoms with Crippen LogP contribution in [0.4, 0.5) is 4.79 Å². The zero-order valence-corrected chi connectivity index (χ0v) is 12.6. The lowest BCUT2D eigenvalue weighted by Gasteiger charge is -2.36. The first-order valence-corrected chi connectivity index (χ1v) is 7.07. The van der Waals surface area contributed by atoms with Crippen LogP contribution in [0, 0.1) is 0 Å². The molecule has 1 atom stereocenters. The van der Waals surface area contributed by atoms with E-state index in [4.69, 9.17) is 0 Å². The van der Waals surface area contributed by atoms with Crippen LogP contribution in [0.25, 0.3) is 0 Å². The van der Waals surface area contributed by atoms with Crippen molar-refractivity contribution in [1.82, 2.24) is 29.1 Å². The first-order valence-electron chi connectivity index (χ1n) is 7.07. The lowest BCUT2D eigenvalue weighted by atomic mass is 10.2. The summed E-state index contributed by atoms with van der Waals surface area (Å²) in [5.74, 6) is 0.943. The Morgan fingerprint density at radius 2 is 2.24 bits per heavy atom. The van der Waals surface area contributed by atoms with Crippen molar-refractivity contribution in [2.75, 3.05) is 20.6 Å². The van der Waals surface area contributed by atoms with Crippen molar-refractivity contribution in [3.8, 4) is 0 Å². The summed E-state index contributed by atoms with van der Waals surface area (Å²) >= 11 is 0. The van der Waals surface area contributed by atoms with Crippen molar-refractivity contribution in [3.05, 3.63) is 36.2 Å². The number of nitrogens with zero attached hydrogens (tertiary/aromatic N) is 6. The molecule has 0 aliphatic carbocycles. The summed E-state index contributed by atoms with van der Waals surface area (Å²) in [4.78, 5) is 20.2. The number of rotatable bonds is 2. The normalized spacial score (nSPS) is 17.7. The van der Waals surface area contributed by atoms with Crippen LogP contribution in [-0.4, -0.2) is 55.8 Å². The highest BCUT2D eigenvalue weighted by Gasteiger charge is 2.30. The Balaban J connectivity index is 1.84. The van der Waals surface area contributed by atoms with Crippen LogP contribution < -0.4 is 0 Å². The van der Waals surface area contributed by atoms with Gasteiger partial charge in [-0.25, -0.2) is 9.78 Å². The summed E-state index contributed by atoms with van der Waals surface area (Å²) in [6.45, 7) is 4.20. The number of hydrogen-bond acceptors (Lipinski definition) is 3. The average Bonchev–Trinajstić information content (AvgIpc) is 3.09. The third-order valence-corrected chi connectivity index (χ3v) is 3.89. The summed E-state index contributed by atoms with van der Waals surface area (Å²) in [7, 11) is 3.55. The Morgan fingerprint density at radius 3 is 2.90 bits per heavy atom. The number of amides is 2. The van der Waals surface area contributed by atoms with E-state index in [-0.39, 0.29) is 12.1 Å². The summed E-state index contributed by atoms with van der Waals surface area (Å²) in [5, 5.41) is 4.23. The van der Waals surface area contributed by atoms with Gasteiger partial charge in [-0.1, -0.05) is 0 Å². The van der Waals surface area contributed by atoms with E-state index in [1.165, 1.54) is 0 Å². The number of carbonyl (C=O) groups is 1. The molecule has 0 spiro atoms. The molecular formula is C14H20N6O. The second-order valence-electron chi connectivity index (χ2n) is 5.51. The molecule has 3 rings (SSSR count). The van der Waals surface area contributed by atoms with Gasteiger partial charge in [0, 0.05) is 39.6 Å². The highest BCUT2D eigenvalue weighted by Crippen LogP contribution is 2.26. The minimum absolute atomic E-state index is 0.0139. The van der Waals surface area contributed by atoms with Crippen LogP contribution in [0.5, 0.6) is 0 Å². The van der Waals surface area contributed by atoms with Gasteiger partial charge in [0.25, 0.3) is 0 Å². The highest BCUT2D eigenvalue weighted by atomic mass is 16.2. The molecule has 2 aromatic heterocycles. The number of hydrogen-bond donors (Lipinski definition) is 0. The molecule has 0 radical (unpaired) electrons. The monoisotopic (exact) mass is 288 g/mol. The molecule has 0 saturated carbocycles. The fraction of sp³-hybridized carbons (Fsp3) is 0.500. The quantitative estimate of drug-likeness (QED) is 0.834. The predicted molar refractivity (Wildman–Crippen MR) is 77.8 cm³/mol. The minimum atomic E-state index is -0.0139. The smallest absolute Gasteiger partial charge is 0.320 e. The predicted octanol–water partition coefficient (Wildman–Crippen LogP) is 1.19. The van der Waals surface area contributed by atoms with Crippen LogP contribution in [0.15, 0.2) is 24.7 Å². The van der Waals surface area contributed by atoms with Crippen LogP contribution in [0.1, 0.15) is 24.5 Å². The highest BCUT2D eigenvalue weighted by molar-refractivity contribution is 5.74. The van der Waals surface area contributed by atoms with Gasteiger partial charge in [0.05, 0.1) is 24.5 Å². The van der Waals surface area contributed by atoms with Gasteiger partial charge in [-0.3, -0.25) is 4.68 Å². The zero-order chi connectivity index (χ0) is 15.0. The fourth-order valence-electron chi connectivity index (χ4n) is 2.76. The van der Waals surface area contributed by atoms with Crippen LogP contribution in [0.3, 0.4) is 0 Å². The molecule has 0 bridgehead atoms. The van der Waals surface area contributed by atoms with Crippen LogP contribution in [-0.2, 0) is 13.1 Å². The van der Waals surface area contributed by atoms with Gasteiger partial charge in [0.1, 0.15) is 5.82 Å². The van der Waals surface area contributed by atoms with Gasteiger partial charge in [-0.2, -0.15) is 5.10 Å². The molecule has 2 amide bonds. The van der Waals surface area contributed by atoms with Gasteiger partial charge in [-0.15, -0.1) is 0 Å². The first kappa shape index (κ1) is 13.7. The molecular weight excluding hydrogens is 268 g/mol. The van der Waals surface area contributed by atoms with Gasteiger partial charge < -0.3 is 14.4 Å². The van der Waals surface area contributed by atoms with Crippen LogP contribution >= 0.6 is 0 Å². The van der Waals surface area contributed by atoms with E-state index in [0.717, 1.165) is 18.1 Å². The number of imidazole rings is 1. The van der Waals surface area contributed by atoms with Gasteiger partial charge >= 0.3 is 6.03 Å². The number of urea groups is 1. The third kappa shape index (κ3) is 2.39. The Kier molecular flexibility index (Phi) is 3.40. The third-order valence-electron chi connectivity index (χ3n) is 3.89. The van der Waals surface area contributed by atoms with E-state index < -0.39 is 0 Å². The zero-order valence-electron chi connectivity index (χ0n) is 12.6. The first-order chi connectivity index (χ1) is 10.1. The maximum Gasteiger partial charge on any atom is 0.320 e. The van der Waals surface area contributed by atoms with Gasteiger partial charge in [-0.05, 0) is 13.0 Å². The summed E-state index contributed by atoms with van der Waals surface area (Å²) in [6.07, 6.45) is 5.60. The molecule has 21 heavy (non-hydrogen) atoms. The maximum atomic E-state index is 12.2. The number of carbonyl (C=O) groups excluding carboxylic acids is 1. The van der Waals surface area contributed by atoms with Crippen molar-refractivity contribution < 1.29 is 4.79 Å². The second-order valence-corrected chi connectivity index (χ2v) is 5.51. The molecule has 0 N–H and O–H groups in total. The van der Waals surface area contributed by atoms with Crippen molar-refractivity contribution in [2.24, 2.45) is 0 Å². The van der Waals surface area contributed by atoms with Crippen molar-refractivity contribution in [3.63, 3.8) is 0 Å². The molecule has 2 aromatic rings. The van der Waals surface area contributed by atoms with Gasteiger partial charge in [0.15, 0.2) is 0 Å². The molecule has 7 heteroatoms. The minimum Gasteiger partial charge on any atom is -0.331 e. The fourth-order valence-corrected chi connectivity index (χ4v) is 2.76. The lowest BCUT2D eigenvalue weighted by Crippen LogP contribution is -2.46. The van der Waals surface area contributed by atoms with E-state index >= 15 is 0 Å². The number of aromatic nitrogens is 4. The summed E-state index contributed by atoms with van der Waals surface area (Å²) < 4.78 is 4.08. The summed E-state index contributed by atoms with van der Waals surface area (Å²) in [5.41, 5.74) is 1.12. The Labute approximate surface area is 123 Å². The molecule has 7 nitrogen and oxygen atoms in total. The summed E-state index contributed by atoms with van der Waals surface area (Å²) in [6, 6.07) is 1.93. The van der Waals surface area contributed by atoms with Crippen molar-refractivity contribution >= 4 is 6.03 Å². The molecule has 0 fully saturated rings. The molecule has 0 unspecified atom stereocenters. The average molecular weight is 288 g/mol. The topological polar surface area (TPSA) is 59.2 Å². The molecule has 0 aromatic carbocycles. The molecule has 1 aliphatic rings. The van der Waals surface area contributed by atoms with E-state index in [2.05, 4.69) is 14.6 Å². The lowest BCUT2D eigenvalue weighted by molar-refractivity contribution is 0.136. The molecule has 3 heterocycles. The maximum absolute atomic E-state index is 12.2. The molecule has 0 saturated heterocycles. The van der Waals surface area contributed by atoms with E-state index in [9.17, 15) is 4.79 Å². The van der Waals surface area contributed by atoms with E-state index in [1.807, 2.05) is 35.0 Å². The second kappa shape index (κ2) is 5.23. The van der Waals surface area contributed by atoms with Crippen molar-refractivity contribution in [2.45, 2.75) is 26.1 Å². The number of fused-ring (bicyclic) bond motifs is 1. The van der Waals surface area contributed by atoms with E-state index in [1.54, 1.807) is 25.2 Å². The van der Waals surface area contributed by atoms with Crippen LogP contribution in [0.2, 0.25) is 0 Å².